The van der Waals surface area contributed by atoms with Crippen molar-refractivity contribution in [1.29, 1.82) is 5.26 Å². The highest BCUT2D eigenvalue weighted by atomic mass is 127. The number of rotatable bonds is 1. The Bertz CT molecular complexity index is 414. The molecule has 0 aliphatic rings. The molecule has 1 rings (SSSR count). The van der Waals surface area contributed by atoms with E-state index in [9.17, 15) is 10.1 Å². The van der Waals surface area contributed by atoms with Crippen molar-refractivity contribution in [2.45, 2.75) is 4.90 Å². The van der Waals surface area contributed by atoms with Crippen LogP contribution in [0.5, 0.6) is 0 Å². The van der Waals surface area contributed by atoms with Crippen LogP contribution in [0.1, 0.15) is 5.56 Å². The average molecular weight is 306 g/mol. The van der Waals surface area contributed by atoms with Gasteiger partial charge in [0.2, 0.25) is 0 Å². The van der Waals surface area contributed by atoms with Gasteiger partial charge >= 0.3 is 5.69 Å². The summed E-state index contributed by atoms with van der Waals surface area (Å²) in [6.45, 7) is 0. The van der Waals surface area contributed by atoms with E-state index in [0.29, 0.717) is 3.57 Å². The summed E-state index contributed by atoms with van der Waals surface area (Å²) in [7, 11) is 0. The predicted molar refractivity (Wildman–Crippen MR) is 57.8 cm³/mol. The smallest absolute Gasteiger partial charge is 0.258 e. The first-order chi connectivity index (χ1) is 6.07. The van der Waals surface area contributed by atoms with E-state index in [0.717, 1.165) is 0 Å². The third-order valence-electron chi connectivity index (χ3n) is 1.40. The molecule has 0 aliphatic heterocycles. The van der Waals surface area contributed by atoms with E-state index in [-0.39, 0.29) is 16.1 Å². The van der Waals surface area contributed by atoms with Gasteiger partial charge in [-0.25, -0.2) is 0 Å². The molecular formula is C7H3IN2O2S. The third kappa shape index (κ3) is 1.92. The maximum Gasteiger partial charge on any atom is 0.301 e. The van der Waals surface area contributed by atoms with Crippen LogP contribution in [0.4, 0.5) is 5.69 Å². The molecule has 6 heteroatoms. The van der Waals surface area contributed by atoms with Crippen molar-refractivity contribution in [1.82, 2.24) is 0 Å². The highest BCUT2D eigenvalue weighted by Crippen LogP contribution is 2.29. The quantitative estimate of drug-likeness (QED) is 0.375. The summed E-state index contributed by atoms with van der Waals surface area (Å²) >= 11 is 5.79. The monoisotopic (exact) mass is 306 g/mol. The lowest BCUT2D eigenvalue weighted by Gasteiger charge is -1.99. The van der Waals surface area contributed by atoms with Crippen LogP contribution in [0.2, 0.25) is 0 Å². The summed E-state index contributed by atoms with van der Waals surface area (Å²) in [6.07, 6.45) is 0. The van der Waals surface area contributed by atoms with E-state index >= 15 is 0 Å². The number of nitriles is 1. The first kappa shape index (κ1) is 10.3. The minimum absolute atomic E-state index is 0.0677. The fourth-order valence-corrected chi connectivity index (χ4v) is 1.67. The second-order valence-corrected chi connectivity index (χ2v) is 3.80. The zero-order valence-electron chi connectivity index (χ0n) is 6.19. The number of hydrogen-bond donors (Lipinski definition) is 1. The fraction of sp³-hybridized carbons (Fsp3) is 0. The van der Waals surface area contributed by atoms with E-state index in [1.165, 1.54) is 6.07 Å². The lowest BCUT2D eigenvalue weighted by atomic mass is 10.2. The fourth-order valence-electron chi connectivity index (χ4n) is 0.847. The normalized spacial score (nSPS) is 9.31. The van der Waals surface area contributed by atoms with Gasteiger partial charge < -0.3 is 0 Å². The Morgan fingerprint density at radius 2 is 2.23 bits per heavy atom. The Kier molecular flexibility index (Phi) is 3.11. The van der Waals surface area contributed by atoms with Crippen LogP contribution < -0.4 is 0 Å². The first-order valence-corrected chi connectivity index (χ1v) is 4.66. The minimum Gasteiger partial charge on any atom is -0.258 e. The molecule has 0 unspecified atom stereocenters. The molecule has 4 nitrogen and oxygen atoms in total. The molecule has 66 valence electrons. The standard InChI is InChI=1S/C7H3IN2O2S/c8-5-1-2-6(13)7(10(11)12)4(5)3-9/h1-2,13H. The molecule has 0 radical (unpaired) electrons. The lowest BCUT2D eigenvalue weighted by Crippen LogP contribution is -1.95. The van der Waals surface area contributed by atoms with Gasteiger partial charge in [0, 0.05) is 3.57 Å². The van der Waals surface area contributed by atoms with Gasteiger partial charge in [-0.2, -0.15) is 5.26 Å². The first-order valence-electron chi connectivity index (χ1n) is 3.14. The van der Waals surface area contributed by atoms with Crippen LogP contribution in [0, 0.1) is 25.0 Å². The van der Waals surface area contributed by atoms with Crippen molar-refractivity contribution >= 4 is 40.9 Å². The van der Waals surface area contributed by atoms with Gasteiger partial charge in [0.1, 0.15) is 11.6 Å². The van der Waals surface area contributed by atoms with E-state index < -0.39 is 4.92 Å². The molecule has 0 aliphatic carbocycles. The Labute approximate surface area is 93.3 Å². The third-order valence-corrected chi connectivity index (χ3v) is 2.66. The molecule has 1 aromatic carbocycles. The highest BCUT2D eigenvalue weighted by molar-refractivity contribution is 14.1. The molecule has 0 N–H and O–H groups in total. The van der Waals surface area contributed by atoms with E-state index in [1.54, 1.807) is 12.1 Å². The molecule has 0 heterocycles. The maximum atomic E-state index is 10.6. The largest absolute Gasteiger partial charge is 0.301 e. The van der Waals surface area contributed by atoms with E-state index in [1.807, 2.05) is 22.6 Å². The Morgan fingerprint density at radius 3 is 2.62 bits per heavy atom. The Hall–Kier alpha value is -0.810. The van der Waals surface area contributed by atoms with Crippen LogP contribution in [0.3, 0.4) is 0 Å². The zero-order chi connectivity index (χ0) is 10.0. The van der Waals surface area contributed by atoms with Crippen molar-refractivity contribution in [3.8, 4) is 6.07 Å². The number of nitro groups is 1. The van der Waals surface area contributed by atoms with Crippen LogP contribution in [0.15, 0.2) is 17.0 Å². The Balaban J connectivity index is 3.55. The van der Waals surface area contributed by atoms with Gasteiger partial charge in [0.25, 0.3) is 0 Å². The molecule has 0 saturated heterocycles. The number of hydrogen-bond acceptors (Lipinski definition) is 4. The second-order valence-electron chi connectivity index (χ2n) is 2.16. The van der Waals surface area contributed by atoms with Crippen molar-refractivity contribution in [2.75, 3.05) is 0 Å². The molecule has 0 bridgehead atoms. The summed E-state index contributed by atoms with van der Waals surface area (Å²) < 4.78 is 0.560. The summed E-state index contributed by atoms with van der Waals surface area (Å²) in [5.41, 5.74) is -0.157. The van der Waals surface area contributed by atoms with Crippen LogP contribution in [-0.2, 0) is 0 Å². The van der Waals surface area contributed by atoms with Crippen LogP contribution in [0.25, 0.3) is 0 Å². The molecule has 0 aromatic heterocycles. The van der Waals surface area contributed by atoms with Gasteiger partial charge in [-0.15, -0.1) is 12.6 Å². The summed E-state index contributed by atoms with van der Waals surface area (Å²) in [5, 5.41) is 19.2. The SMILES string of the molecule is N#Cc1c(I)ccc(S)c1[N+](=O)[O-]. The van der Waals surface area contributed by atoms with Gasteiger partial charge in [0.15, 0.2) is 0 Å². The maximum absolute atomic E-state index is 10.6. The zero-order valence-corrected chi connectivity index (χ0v) is 9.24. The van der Waals surface area contributed by atoms with Crippen molar-refractivity contribution in [3.63, 3.8) is 0 Å². The van der Waals surface area contributed by atoms with Gasteiger partial charge in [0.05, 0.1) is 9.82 Å². The topological polar surface area (TPSA) is 66.9 Å². The van der Waals surface area contributed by atoms with Crippen molar-refractivity contribution in [2.24, 2.45) is 0 Å². The Morgan fingerprint density at radius 1 is 1.62 bits per heavy atom. The molecular weight excluding hydrogens is 303 g/mol. The predicted octanol–water partition coefficient (Wildman–Crippen LogP) is 2.36. The van der Waals surface area contributed by atoms with Gasteiger partial charge in [-0.3, -0.25) is 10.1 Å². The summed E-state index contributed by atoms with van der Waals surface area (Å²) in [4.78, 5) is 10.2. The molecule has 0 spiro atoms. The van der Waals surface area contributed by atoms with E-state index in [2.05, 4.69) is 12.6 Å². The number of thiol groups is 1. The molecule has 0 amide bonds. The van der Waals surface area contributed by atoms with Crippen molar-refractivity contribution in [3.05, 3.63) is 31.4 Å². The number of benzene rings is 1. The van der Waals surface area contributed by atoms with E-state index in [4.69, 9.17) is 5.26 Å². The molecule has 13 heavy (non-hydrogen) atoms. The number of nitro benzene ring substituents is 1. The van der Waals surface area contributed by atoms with Crippen LogP contribution in [-0.4, -0.2) is 4.92 Å². The number of halogens is 1. The molecule has 0 fully saturated rings. The van der Waals surface area contributed by atoms with Crippen LogP contribution >= 0.6 is 35.2 Å². The van der Waals surface area contributed by atoms with Gasteiger partial charge in [-0.1, -0.05) is 0 Å². The molecule has 1 aromatic rings. The lowest BCUT2D eigenvalue weighted by molar-refractivity contribution is -0.388. The minimum atomic E-state index is -0.594. The second kappa shape index (κ2) is 3.93. The average Bonchev–Trinajstić information content (AvgIpc) is 2.07. The van der Waals surface area contributed by atoms with Gasteiger partial charge in [-0.05, 0) is 34.7 Å². The summed E-state index contributed by atoms with van der Waals surface area (Å²) in [6, 6.07) is 4.91. The molecule has 0 atom stereocenters. The molecule has 0 saturated carbocycles. The number of nitrogens with zero attached hydrogens (tertiary/aromatic N) is 2. The van der Waals surface area contributed by atoms with Crippen molar-refractivity contribution < 1.29 is 4.92 Å². The summed E-state index contributed by atoms with van der Waals surface area (Å²) in [5.74, 6) is 0. The highest BCUT2D eigenvalue weighted by Gasteiger charge is 2.20.